The van der Waals surface area contributed by atoms with E-state index in [1.807, 2.05) is 25.6 Å². The first-order valence-electron chi connectivity index (χ1n) is 4.17. The molecule has 1 atom stereocenters. The van der Waals surface area contributed by atoms with Gasteiger partial charge in [0.05, 0.1) is 5.60 Å². The van der Waals surface area contributed by atoms with E-state index < -0.39 is 5.60 Å². The maximum absolute atomic E-state index is 9.62. The van der Waals surface area contributed by atoms with Crippen molar-refractivity contribution in [1.29, 1.82) is 0 Å². The minimum atomic E-state index is -0.514. The maximum atomic E-state index is 9.62. The molecule has 1 heterocycles. The van der Waals surface area contributed by atoms with E-state index in [4.69, 9.17) is 0 Å². The molecule has 1 aliphatic rings. The SMILES string of the molecule is CCC(C)(O)CNC1CSC1. The Balaban J connectivity index is 2.09. The lowest BCUT2D eigenvalue weighted by Gasteiger charge is -2.30. The Kier molecular flexibility index (Phi) is 3.22. The number of hydrogen-bond acceptors (Lipinski definition) is 3. The molecule has 0 spiro atoms. The number of aliphatic hydroxyl groups is 1. The molecule has 0 aromatic heterocycles. The van der Waals surface area contributed by atoms with Crippen LogP contribution in [0.5, 0.6) is 0 Å². The summed E-state index contributed by atoms with van der Waals surface area (Å²) in [7, 11) is 0. The van der Waals surface area contributed by atoms with Gasteiger partial charge in [-0.25, -0.2) is 0 Å². The van der Waals surface area contributed by atoms with Crippen molar-refractivity contribution in [3.05, 3.63) is 0 Å². The fourth-order valence-electron chi connectivity index (χ4n) is 0.843. The van der Waals surface area contributed by atoms with E-state index in [1.165, 1.54) is 11.5 Å². The fourth-order valence-corrected chi connectivity index (χ4v) is 1.55. The van der Waals surface area contributed by atoms with E-state index in [1.54, 1.807) is 0 Å². The molecule has 1 unspecified atom stereocenters. The van der Waals surface area contributed by atoms with Crippen LogP contribution >= 0.6 is 11.8 Å². The molecule has 1 saturated heterocycles. The molecule has 0 aromatic carbocycles. The average Bonchev–Trinajstić information content (AvgIpc) is 1.84. The molecule has 0 saturated carbocycles. The van der Waals surface area contributed by atoms with Gasteiger partial charge in [-0.15, -0.1) is 0 Å². The third-order valence-corrected chi connectivity index (χ3v) is 3.45. The van der Waals surface area contributed by atoms with E-state index >= 15 is 0 Å². The van der Waals surface area contributed by atoms with Crippen LogP contribution in [-0.4, -0.2) is 34.8 Å². The predicted octanol–water partition coefficient (Wildman–Crippen LogP) is 0.852. The first kappa shape index (κ1) is 9.36. The smallest absolute Gasteiger partial charge is 0.0741 e. The zero-order chi connectivity index (χ0) is 8.32. The number of nitrogens with one attached hydrogen (secondary N) is 1. The Morgan fingerprint density at radius 1 is 1.64 bits per heavy atom. The van der Waals surface area contributed by atoms with Crippen molar-refractivity contribution in [1.82, 2.24) is 5.32 Å². The van der Waals surface area contributed by atoms with Gasteiger partial charge in [0.15, 0.2) is 0 Å². The summed E-state index contributed by atoms with van der Waals surface area (Å²) in [5, 5.41) is 13.0. The Labute approximate surface area is 72.8 Å². The zero-order valence-corrected chi connectivity index (χ0v) is 8.08. The zero-order valence-electron chi connectivity index (χ0n) is 7.26. The summed E-state index contributed by atoms with van der Waals surface area (Å²) in [6, 6.07) is 0.651. The Morgan fingerprint density at radius 2 is 2.27 bits per heavy atom. The molecule has 0 aliphatic carbocycles. The summed E-state index contributed by atoms with van der Waals surface area (Å²) in [6.45, 7) is 4.62. The average molecular weight is 175 g/mol. The molecule has 66 valence electrons. The van der Waals surface area contributed by atoms with Gasteiger partial charge in [0.2, 0.25) is 0 Å². The van der Waals surface area contributed by atoms with Gasteiger partial charge in [-0.1, -0.05) is 6.92 Å². The monoisotopic (exact) mass is 175 g/mol. The molecular formula is C8H17NOS. The molecule has 11 heavy (non-hydrogen) atoms. The molecule has 1 aliphatic heterocycles. The second-order valence-corrected chi connectivity index (χ2v) is 4.54. The molecule has 3 heteroatoms. The van der Waals surface area contributed by atoms with E-state index in [2.05, 4.69) is 5.32 Å². The molecule has 0 amide bonds. The van der Waals surface area contributed by atoms with Crippen LogP contribution in [-0.2, 0) is 0 Å². The molecule has 1 rings (SSSR count). The highest BCUT2D eigenvalue weighted by atomic mass is 32.2. The first-order chi connectivity index (χ1) is 5.14. The van der Waals surface area contributed by atoms with Crippen molar-refractivity contribution in [2.24, 2.45) is 0 Å². The van der Waals surface area contributed by atoms with E-state index in [0.717, 1.165) is 13.0 Å². The van der Waals surface area contributed by atoms with Crippen LogP contribution in [0.15, 0.2) is 0 Å². The van der Waals surface area contributed by atoms with Crippen LogP contribution in [0, 0.1) is 0 Å². The molecule has 2 nitrogen and oxygen atoms in total. The van der Waals surface area contributed by atoms with Crippen molar-refractivity contribution >= 4 is 11.8 Å². The number of hydrogen-bond donors (Lipinski definition) is 2. The minimum Gasteiger partial charge on any atom is -0.389 e. The van der Waals surface area contributed by atoms with E-state index in [9.17, 15) is 5.11 Å². The van der Waals surface area contributed by atoms with Gasteiger partial charge in [0.1, 0.15) is 0 Å². The maximum Gasteiger partial charge on any atom is 0.0741 e. The molecule has 0 radical (unpaired) electrons. The lowest BCUT2D eigenvalue weighted by Crippen LogP contribution is -2.47. The third kappa shape index (κ3) is 3.01. The van der Waals surface area contributed by atoms with Gasteiger partial charge >= 0.3 is 0 Å². The highest BCUT2D eigenvalue weighted by Gasteiger charge is 2.22. The third-order valence-electron chi connectivity index (χ3n) is 2.17. The van der Waals surface area contributed by atoms with Crippen molar-refractivity contribution in [3.63, 3.8) is 0 Å². The molecule has 1 fully saturated rings. The summed E-state index contributed by atoms with van der Waals surface area (Å²) < 4.78 is 0. The largest absolute Gasteiger partial charge is 0.389 e. The topological polar surface area (TPSA) is 32.3 Å². The van der Waals surface area contributed by atoms with Gasteiger partial charge in [-0.05, 0) is 13.3 Å². The van der Waals surface area contributed by atoms with Crippen LogP contribution in [0.3, 0.4) is 0 Å². The van der Waals surface area contributed by atoms with Crippen molar-refractivity contribution < 1.29 is 5.11 Å². The highest BCUT2D eigenvalue weighted by molar-refractivity contribution is 8.00. The summed E-state index contributed by atoms with van der Waals surface area (Å²) in [5.74, 6) is 2.42. The van der Waals surface area contributed by atoms with Gasteiger partial charge in [-0.3, -0.25) is 0 Å². The van der Waals surface area contributed by atoms with Gasteiger partial charge in [0, 0.05) is 24.1 Å². The quantitative estimate of drug-likeness (QED) is 0.664. The second kappa shape index (κ2) is 3.78. The summed E-state index contributed by atoms with van der Waals surface area (Å²) in [5.41, 5.74) is -0.514. The van der Waals surface area contributed by atoms with E-state index in [-0.39, 0.29) is 0 Å². The van der Waals surface area contributed by atoms with Crippen LogP contribution in [0.4, 0.5) is 0 Å². The standard InChI is InChI=1S/C8H17NOS/c1-3-8(2,10)6-9-7-4-11-5-7/h7,9-10H,3-6H2,1-2H3. The van der Waals surface area contributed by atoms with Crippen LogP contribution < -0.4 is 5.32 Å². The first-order valence-corrected chi connectivity index (χ1v) is 5.33. The van der Waals surface area contributed by atoms with Crippen molar-refractivity contribution in [2.75, 3.05) is 18.1 Å². The van der Waals surface area contributed by atoms with Crippen LogP contribution in [0.1, 0.15) is 20.3 Å². The lowest BCUT2D eigenvalue weighted by atomic mass is 10.0. The van der Waals surface area contributed by atoms with Gasteiger partial charge in [0.25, 0.3) is 0 Å². The molecule has 0 aromatic rings. The Hall–Kier alpha value is 0.270. The van der Waals surface area contributed by atoms with Gasteiger partial charge < -0.3 is 10.4 Å². The second-order valence-electron chi connectivity index (χ2n) is 3.47. The Morgan fingerprint density at radius 3 is 2.64 bits per heavy atom. The molecule has 2 N–H and O–H groups in total. The molecule has 0 bridgehead atoms. The highest BCUT2D eigenvalue weighted by Crippen LogP contribution is 2.18. The predicted molar refractivity (Wildman–Crippen MR) is 50.0 cm³/mol. The lowest BCUT2D eigenvalue weighted by molar-refractivity contribution is 0.0539. The van der Waals surface area contributed by atoms with Crippen LogP contribution in [0.2, 0.25) is 0 Å². The summed E-state index contributed by atoms with van der Waals surface area (Å²) in [6.07, 6.45) is 0.819. The minimum absolute atomic E-state index is 0.514. The molecular weight excluding hydrogens is 158 g/mol. The fraction of sp³-hybridized carbons (Fsp3) is 1.00. The summed E-state index contributed by atoms with van der Waals surface area (Å²) >= 11 is 1.96. The van der Waals surface area contributed by atoms with Crippen molar-refractivity contribution in [2.45, 2.75) is 31.9 Å². The normalized spacial score (nSPS) is 24.3. The number of thioether (sulfide) groups is 1. The van der Waals surface area contributed by atoms with Crippen LogP contribution in [0.25, 0.3) is 0 Å². The Bertz CT molecular complexity index is 123. The number of rotatable bonds is 4. The van der Waals surface area contributed by atoms with Gasteiger partial charge in [-0.2, -0.15) is 11.8 Å². The van der Waals surface area contributed by atoms with E-state index in [0.29, 0.717) is 6.04 Å². The summed E-state index contributed by atoms with van der Waals surface area (Å²) in [4.78, 5) is 0. The van der Waals surface area contributed by atoms with Crippen molar-refractivity contribution in [3.8, 4) is 0 Å².